The topological polar surface area (TPSA) is 69.9 Å². The smallest absolute Gasteiger partial charge is 0.244 e. The van der Waals surface area contributed by atoms with Crippen LogP contribution in [-0.2, 0) is 11.3 Å². The molecule has 3 aromatic rings. The largest absolute Gasteiger partial charge is 0.493 e. The standard InChI is InChI=1S/C23H22FNO5/c1-27-20-12-15(13-21(28-2)23(20)29-3)14-25-22(26)11-9-16-8-10-19(30-16)17-6-4-5-7-18(17)24/h4-13H,14H2,1-3H3,(H,25,26)/b11-9+. The van der Waals surface area contributed by atoms with E-state index in [4.69, 9.17) is 18.6 Å². The summed E-state index contributed by atoms with van der Waals surface area (Å²) in [6, 6.07) is 13.2. The molecule has 6 nitrogen and oxygen atoms in total. The SMILES string of the molecule is COc1cc(CNC(=O)/C=C/c2ccc(-c3ccccc3F)o2)cc(OC)c1OC. The molecule has 0 saturated heterocycles. The van der Waals surface area contributed by atoms with Crippen LogP contribution in [-0.4, -0.2) is 27.2 Å². The Hall–Kier alpha value is -3.74. The van der Waals surface area contributed by atoms with E-state index in [2.05, 4.69) is 5.32 Å². The molecule has 0 aliphatic rings. The van der Waals surface area contributed by atoms with Gasteiger partial charge < -0.3 is 23.9 Å². The second-order valence-corrected chi connectivity index (χ2v) is 6.27. The zero-order valence-corrected chi connectivity index (χ0v) is 16.9. The van der Waals surface area contributed by atoms with Gasteiger partial charge in [0.15, 0.2) is 11.5 Å². The lowest BCUT2D eigenvalue weighted by Gasteiger charge is -2.14. The van der Waals surface area contributed by atoms with Crippen molar-refractivity contribution in [3.05, 3.63) is 71.7 Å². The van der Waals surface area contributed by atoms with Crippen molar-refractivity contribution in [3.8, 4) is 28.6 Å². The average molecular weight is 411 g/mol. The van der Waals surface area contributed by atoms with E-state index in [1.165, 1.54) is 39.5 Å². The van der Waals surface area contributed by atoms with Crippen LogP contribution in [0.15, 0.2) is 59.0 Å². The molecule has 0 unspecified atom stereocenters. The van der Waals surface area contributed by atoms with Crippen molar-refractivity contribution in [1.82, 2.24) is 5.32 Å². The van der Waals surface area contributed by atoms with Crippen LogP contribution in [0.2, 0.25) is 0 Å². The van der Waals surface area contributed by atoms with Crippen molar-refractivity contribution in [2.24, 2.45) is 0 Å². The van der Waals surface area contributed by atoms with Gasteiger partial charge in [0.1, 0.15) is 17.3 Å². The maximum Gasteiger partial charge on any atom is 0.244 e. The fraction of sp³-hybridized carbons (Fsp3) is 0.174. The number of benzene rings is 2. The highest BCUT2D eigenvalue weighted by molar-refractivity contribution is 5.91. The normalized spacial score (nSPS) is 10.8. The number of ether oxygens (including phenoxy) is 3. The number of hydrogen-bond donors (Lipinski definition) is 1. The molecule has 7 heteroatoms. The van der Waals surface area contributed by atoms with Gasteiger partial charge in [-0.15, -0.1) is 0 Å². The van der Waals surface area contributed by atoms with Crippen molar-refractivity contribution < 1.29 is 27.8 Å². The van der Waals surface area contributed by atoms with Crippen LogP contribution in [0.1, 0.15) is 11.3 Å². The lowest BCUT2D eigenvalue weighted by molar-refractivity contribution is -0.116. The number of nitrogens with one attached hydrogen (secondary N) is 1. The van der Waals surface area contributed by atoms with Gasteiger partial charge in [-0.25, -0.2) is 4.39 Å². The third-order valence-electron chi connectivity index (χ3n) is 4.36. The molecular weight excluding hydrogens is 389 g/mol. The summed E-state index contributed by atoms with van der Waals surface area (Å²) in [6.45, 7) is 0.262. The summed E-state index contributed by atoms with van der Waals surface area (Å²) < 4.78 is 35.3. The van der Waals surface area contributed by atoms with E-state index in [0.717, 1.165) is 5.56 Å². The van der Waals surface area contributed by atoms with E-state index in [1.54, 1.807) is 42.5 Å². The highest BCUT2D eigenvalue weighted by Gasteiger charge is 2.13. The number of hydrogen-bond acceptors (Lipinski definition) is 5. The zero-order valence-electron chi connectivity index (χ0n) is 16.9. The number of furan rings is 1. The number of amides is 1. The second-order valence-electron chi connectivity index (χ2n) is 6.27. The molecule has 1 N–H and O–H groups in total. The lowest BCUT2D eigenvalue weighted by atomic mass is 10.1. The first-order valence-corrected chi connectivity index (χ1v) is 9.15. The minimum absolute atomic E-state index is 0.262. The monoisotopic (exact) mass is 411 g/mol. The van der Waals surface area contributed by atoms with Gasteiger partial charge in [-0.1, -0.05) is 12.1 Å². The molecule has 30 heavy (non-hydrogen) atoms. The fourth-order valence-electron chi connectivity index (χ4n) is 2.89. The maximum atomic E-state index is 13.8. The van der Waals surface area contributed by atoms with Gasteiger partial charge in [-0.05, 0) is 48.0 Å². The Balaban J connectivity index is 1.64. The number of rotatable bonds is 8. The van der Waals surface area contributed by atoms with E-state index in [0.29, 0.717) is 34.3 Å². The second kappa shape index (κ2) is 9.65. The third kappa shape index (κ3) is 4.81. The maximum absolute atomic E-state index is 13.8. The number of methoxy groups -OCH3 is 3. The molecular formula is C23H22FNO5. The van der Waals surface area contributed by atoms with Crippen LogP contribution in [0.25, 0.3) is 17.4 Å². The molecule has 0 radical (unpaired) electrons. The molecule has 1 aromatic heterocycles. The Labute approximate surface area is 173 Å². The first kappa shape index (κ1) is 21.0. The Morgan fingerprint density at radius 2 is 1.73 bits per heavy atom. The molecule has 0 fully saturated rings. The molecule has 0 aliphatic heterocycles. The highest BCUT2D eigenvalue weighted by Crippen LogP contribution is 2.38. The summed E-state index contributed by atoms with van der Waals surface area (Å²) >= 11 is 0. The highest BCUT2D eigenvalue weighted by atomic mass is 19.1. The van der Waals surface area contributed by atoms with E-state index >= 15 is 0 Å². The number of carbonyl (C=O) groups is 1. The molecule has 0 aliphatic carbocycles. The summed E-state index contributed by atoms with van der Waals surface area (Å²) in [5.41, 5.74) is 1.15. The van der Waals surface area contributed by atoms with Crippen molar-refractivity contribution in [2.45, 2.75) is 6.54 Å². The lowest BCUT2D eigenvalue weighted by Crippen LogP contribution is -2.20. The fourth-order valence-corrected chi connectivity index (χ4v) is 2.89. The molecule has 0 atom stereocenters. The van der Waals surface area contributed by atoms with Crippen LogP contribution < -0.4 is 19.5 Å². The average Bonchev–Trinajstić information content (AvgIpc) is 3.24. The minimum atomic E-state index is -0.370. The zero-order chi connectivity index (χ0) is 21.5. The van der Waals surface area contributed by atoms with Crippen LogP contribution in [0.3, 0.4) is 0 Å². The summed E-state index contributed by atoms with van der Waals surface area (Å²) in [7, 11) is 4.58. The van der Waals surface area contributed by atoms with Crippen LogP contribution in [0.5, 0.6) is 17.2 Å². The molecule has 1 heterocycles. The number of carbonyl (C=O) groups excluding carboxylic acids is 1. The minimum Gasteiger partial charge on any atom is -0.493 e. The van der Waals surface area contributed by atoms with Gasteiger partial charge in [0.2, 0.25) is 11.7 Å². The summed E-state index contributed by atoms with van der Waals surface area (Å²) in [6.07, 6.45) is 2.87. The summed E-state index contributed by atoms with van der Waals surface area (Å²) in [5, 5.41) is 2.78. The molecule has 1 amide bonds. The molecule has 0 bridgehead atoms. The molecule has 0 spiro atoms. The predicted octanol–water partition coefficient (Wildman–Crippen LogP) is 4.44. The van der Waals surface area contributed by atoms with Crippen molar-refractivity contribution in [2.75, 3.05) is 21.3 Å². The van der Waals surface area contributed by atoms with E-state index in [1.807, 2.05) is 0 Å². The van der Waals surface area contributed by atoms with E-state index in [-0.39, 0.29) is 18.3 Å². The van der Waals surface area contributed by atoms with Gasteiger partial charge in [0.05, 0.1) is 26.9 Å². The molecule has 2 aromatic carbocycles. The van der Waals surface area contributed by atoms with Gasteiger partial charge in [-0.3, -0.25) is 4.79 Å². The van der Waals surface area contributed by atoms with Crippen molar-refractivity contribution >= 4 is 12.0 Å². The van der Waals surface area contributed by atoms with Crippen molar-refractivity contribution in [3.63, 3.8) is 0 Å². The van der Waals surface area contributed by atoms with Gasteiger partial charge in [0, 0.05) is 12.6 Å². The molecule has 0 saturated carbocycles. The summed E-state index contributed by atoms with van der Waals surface area (Å²) in [5.74, 6) is 1.65. The summed E-state index contributed by atoms with van der Waals surface area (Å²) in [4.78, 5) is 12.2. The van der Waals surface area contributed by atoms with E-state index < -0.39 is 0 Å². The van der Waals surface area contributed by atoms with Crippen LogP contribution >= 0.6 is 0 Å². The van der Waals surface area contributed by atoms with Crippen LogP contribution in [0.4, 0.5) is 4.39 Å². The van der Waals surface area contributed by atoms with Gasteiger partial charge in [-0.2, -0.15) is 0 Å². The first-order valence-electron chi connectivity index (χ1n) is 9.15. The Kier molecular flexibility index (Phi) is 6.75. The Morgan fingerprint density at radius 1 is 1.03 bits per heavy atom. The van der Waals surface area contributed by atoms with Gasteiger partial charge >= 0.3 is 0 Å². The number of halogens is 1. The third-order valence-corrected chi connectivity index (χ3v) is 4.36. The van der Waals surface area contributed by atoms with Crippen LogP contribution in [0, 0.1) is 5.82 Å². The molecule has 156 valence electrons. The van der Waals surface area contributed by atoms with E-state index in [9.17, 15) is 9.18 Å². The quantitative estimate of drug-likeness (QED) is 0.555. The van der Waals surface area contributed by atoms with Gasteiger partial charge in [0.25, 0.3) is 0 Å². The Bertz CT molecular complexity index is 1030. The predicted molar refractivity (Wildman–Crippen MR) is 111 cm³/mol. The molecule has 3 rings (SSSR count). The Morgan fingerprint density at radius 3 is 2.37 bits per heavy atom. The first-order chi connectivity index (χ1) is 14.5. The van der Waals surface area contributed by atoms with Crippen molar-refractivity contribution in [1.29, 1.82) is 0 Å².